The normalized spacial score (nSPS) is 23.2. The van der Waals surface area contributed by atoms with E-state index in [2.05, 4.69) is 10.6 Å². The van der Waals surface area contributed by atoms with Gasteiger partial charge in [0, 0.05) is 17.9 Å². The molecule has 1 heterocycles. The van der Waals surface area contributed by atoms with Crippen LogP contribution in [0.15, 0.2) is 0 Å². The first-order valence-corrected chi connectivity index (χ1v) is 9.75. The predicted octanol–water partition coefficient (Wildman–Crippen LogP) is 1.27. The molecule has 3 atom stereocenters. The molecule has 0 aromatic carbocycles. The van der Waals surface area contributed by atoms with Gasteiger partial charge in [0.2, 0.25) is 5.91 Å². The van der Waals surface area contributed by atoms with Crippen LogP contribution in [-0.4, -0.2) is 42.9 Å². The zero-order valence-corrected chi connectivity index (χ0v) is 16.2. The largest absolute Gasteiger partial charge is 0.436 e. The van der Waals surface area contributed by atoms with Gasteiger partial charge in [-0.05, 0) is 31.6 Å². The van der Waals surface area contributed by atoms with E-state index in [-0.39, 0.29) is 24.2 Å². The van der Waals surface area contributed by atoms with E-state index in [1.165, 1.54) is 0 Å². The van der Waals surface area contributed by atoms with E-state index in [0.717, 1.165) is 32.1 Å². The molecule has 0 spiro atoms. The van der Waals surface area contributed by atoms with E-state index in [0.29, 0.717) is 19.3 Å². The number of aldehydes is 1. The van der Waals surface area contributed by atoms with Crippen LogP contribution in [0.1, 0.15) is 58.8 Å². The molecule has 3 unspecified atom stereocenters. The number of hydrogen-bond acceptors (Lipinski definition) is 5. The van der Waals surface area contributed by atoms with Gasteiger partial charge in [-0.2, -0.15) is 0 Å². The summed E-state index contributed by atoms with van der Waals surface area (Å²) in [7, 11) is 0. The van der Waals surface area contributed by atoms with Gasteiger partial charge in [0.1, 0.15) is 6.29 Å². The van der Waals surface area contributed by atoms with Gasteiger partial charge in [-0.25, -0.2) is 4.79 Å². The number of primary amides is 1. The molecule has 1 aliphatic carbocycles. The lowest BCUT2D eigenvalue weighted by Crippen LogP contribution is -2.53. The van der Waals surface area contributed by atoms with Gasteiger partial charge in [-0.3, -0.25) is 9.59 Å². The SMILES string of the molecule is CC(C)(C1CCCCC1)C(OC(N)=O)C(=O)NC(C=O)CC1CCNC1=O. The number of nitrogens with one attached hydrogen (secondary N) is 2. The van der Waals surface area contributed by atoms with E-state index in [4.69, 9.17) is 10.5 Å². The molecule has 152 valence electrons. The maximum absolute atomic E-state index is 12.9. The fourth-order valence-electron chi connectivity index (χ4n) is 4.30. The van der Waals surface area contributed by atoms with Crippen molar-refractivity contribution in [3.05, 3.63) is 0 Å². The third kappa shape index (κ3) is 5.43. The minimum Gasteiger partial charge on any atom is -0.436 e. The Kier molecular flexibility index (Phi) is 7.21. The minimum absolute atomic E-state index is 0.108. The molecular formula is C19H31N3O5. The number of hydrogen-bond donors (Lipinski definition) is 3. The van der Waals surface area contributed by atoms with Crippen molar-refractivity contribution in [2.75, 3.05) is 6.54 Å². The predicted molar refractivity (Wildman–Crippen MR) is 98.5 cm³/mol. The highest BCUT2D eigenvalue weighted by Crippen LogP contribution is 2.41. The van der Waals surface area contributed by atoms with E-state index >= 15 is 0 Å². The lowest BCUT2D eigenvalue weighted by molar-refractivity contribution is -0.140. The Morgan fingerprint density at radius 3 is 2.48 bits per heavy atom. The van der Waals surface area contributed by atoms with Gasteiger partial charge in [-0.15, -0.1) is 0 Å². The van der Waals surface area contributed by atoms with Crippen LogP contribution >= 0.6 is 0 Å². The molecule has 27 heavy (non-hydrogen) atoms. The molecule has 4 N–H and O–H groups in total. The minimum atomic E-state index is -1.09. The summed E-state index contributed by atoms with van der Waals surface area (Å²) >= 11 is 0. The van der Waals surface area contributed by atoms with Crippen molar-refractivity contribution in [2.45, 2.75) is 70.9 Å². The van der Waals surface area contributed by atoms with Gasteiger partial charge in [0.05, 0.1) is 6.04 Å². The van der Waals surface area contributed by atoms with Gasteiger partial charge in [0.25, 0.3) is 5.91 Å². The van der Waals surface area contributed by atoms with Crippen LogP contribution < -0.4 is 16.4 Å². The van der Waals surface area contributed by atoms with E-state index in [1.54, 1.807) is 0 Å². The standard InChI is InChI=1S/C19H31N3O5/c1-19(2,13-6-4-3-5-7-13)15(27-18(20)26)17(25)22-14(11-23)10-12-8-9-21-16(12)24/h11-15H,3-10H2,1-2H3,(H2,20,26)(H,21,24)(H,22,25). The maximum atomic E-state index is 12.9. The second-order valence-corrected chi connectivity index (χ2v) is 8.24. The second kappa shape index (κ2) is 9.19. The molecule has 1 saturated heterocycles. The molecule has 8 nitrogen and oxygen atoms in total. The number of rotatable bonds is 8. The second-order valence-electron chi connectivity index (χ2n) is 8.24. The van der Waals surface area contributed by atoms with Crippen LogP contribution in [-0.2, 0) is 19.1 Å². The van der Waals surface area contributed by atoms with Crippen molar-refractivity contribution in [3.63, 3.8) is 0 Å². The Hall–Kier alpha value is -2.12. The van der Waals surface area contributed by atoms with Gasteiger partial charge < -0.3 is 25.9 Å². The van der Waals surface area contributed by atoms with Crippen LogP contribution in [0, 0.1) is 17.3 Å². The fraction of sp³-hybridized carbons (Fsp3) is 0.789. The lowest BCUT2D eigenvalue weighted by Gasteiger charge is -2.41. The zero-order valence-electron chi connectivity index (χ0n) is 16.2. The molecule has 2 rings (SSSR count). The van der Waals surface area contributed by atoms with Crippen molar-refractivity contribution < 1.29 is 23.9 Å². The summed E-state index contributed by atoms with van der Waals surface area (Å²) in [6.45, 7) is 4.37. The smallest absolute Gasteiger partial charge is 0.405 e. The van der Waals surface area contributed by atoms with Crippen molar-refractivity contribution in [1.82, 2.24) is 10.6 Å². The Labute approximate surface area is 159 Å². The molecule has 0 radical (unpaired) electrons. The summed E-state index contributed by atoms with van der Waals surface area (Å²) < 4.78 is 5.20. The summed E-state index contributed by atoms with van der Waals surface area (Å²) in [5, 5.41) is 5.36. The maximum Gasteiger partial charge on any atom is 0.405 e. The highest BCUT2D eigenvalue weighted by atomic mass is 16.6. The Morgan fingerprint density at radius 1 is 1.30 bits per heavy atom. The van der Waals surface area contributed by atoms with Gasteiger partial charge in [0.15, 0.2) is 6.10 Å². The van der Waals surface area contributed by atoms with Crippen molar-refractivity contribution in [3.8, 4) is 0 Å². The summed E-state index contributed by atoms with van der Waals surface area (Å²) in [6, 6.07) is -0.813. The summed E-state index contributed by atoms with van der Waals surface area (Å²) in [4.78, 5) is 47.5. The van der Waals surface area contributed by atoms with Crippen molar-refractivity contribution in [2.24, 2.45) is 23.0 Å². The summed E-state index contributed by atoms with van der Waals surface area (Å²) in [5.41, 5.74) is 4.59. The Balaban J connectivity index is 2.09. The van der Waals surface area contributed by atoms with E-state index in [9.17, 15) is 19.2 Å². The first-order chi connectivity index (χ1) is 12.8. The number of carbonyl (C=O) groups excluding carboxylic acids is 4. The number of carbonyl (C=O) groups is 4. The van der Waals surface area contributed by atoms with E-state index in [1.807, 2.05) is 13.8 Å². The van der Waals surface area contributed by atoms with Crippen LogP contribution in [0.4, 0.5) is 4.79 Å². The average Bonchev–Trinajstić information content (AvgIpc) is 3.04. The number of nitrogens with two attached hydrogens (primary N) is 1. The topological polar surface area (TPSA) is 128 Å². The quantitative estimate of drug-likeness (QED) is 0.546. The highest BCUT2D eigenvalue weighted by molar-refractivity contribution is 5.87. The summed E-state index contributed by atoms with van der Waals surface area (Å²) in [5.74, 6) is -0.734. The Morgan fingerprint density at radius 2 is 1.96 bits per heavy atom. The monoisotopic (exact) mass is 381 g/mol. The highest BCUT2D eigenvalue weighted by Gasteiger charge is 2.44. The van der Waals surface area contributed by atoms with Crippen molar-refractivity contribution >= 4 is 24.2 Å². The van der Waals surface area contributed by atoms with Crippen LogP contribution in [0.3, 0.4) is 0 Å². The molecule has 1 aliphatic heterocycles. The number of ether oxygens (including phenoxy) is 1. The average molecular weight is 381 g/mol. The third-order valence-electron chi connectivity index (χ3n) is 6.00. The summed E-state index contributed by atoms with van der Waals surface area (Å²) in [6.07, 6.45) is 4.61. The first kappa shape index (κ1) is 21.2. The molecule has 0 bridgehead atoms. The third-order valence-corrected chi connectivity index (χ3v) is 6.00. The fourth-order valence-corrected chi connectivity index (χ4v) is 4.30. The van der Waals surface area contributed by atoms with Gasteiger partial charge >= 0.3 is 6.09 Å². The van der Waals surface area contributed by atoms with Crippen molar-refractivity contribution in [1.29, 1.82) is 0 Å². The van der Waals surface area contributed by atoms with Crippen LogP contribution in [0.5, 0.6) is 0 Å². The molecular weight excluding hydrogens is 350 g/mol. The van der Waals surface area contributed by atoms with Gasteiger partial charge in [-0.1, -0.05) is 33.1 Å². The molecule has 0 aromatic rings. The molecule has 2 fully saturated rings. The molecule has 0 aromatic heterocycles. The zero-order chi connectivity index (χ0) is 20.0. The molecule has 3 amide bonds. The molecule has 2 aliphatic rings. The lowest BCUT2D eigenvalue weighted by atomic mass is 9.67. The number of amides is 3. The Bertz CT molecular complexity index is 572. The van der Waals surface area contributed by atoms with Crippen LogP contribution in [0.25, 0.3) is 0 Å². The van der Waals surface area contributed by atoms with E-state index < -0.39 is 29.6 Å². The molecule has 1 saturated carbocycles. The first-order valence-electron chi connectivity index (χ1n) is 9.75. The molecule has 8 heteroatoms. The van der Waals surface area contributed by atoms with Crippen LogP contribution in [0.2, 0.25) is 0 Å².